The minimum atomic E-state index is -0.706. The summed E-state index contributed by atoms with van der Waals surface area (Å²) in [5, 5.41) is 4.25. The summed E-state index contributed by atoms with van der Waals surface area (Å²) in [5.74, 6) is 0.751. The highest BCUT2D eigenvalue weighted by Crippen LogP contribution is 2.16. The molecule has 0 bridgehead atoms. The molecule has 0 saturated carbocycles. The Morgan fingerprint density at radius 1 is 1.29 bits per heavy atom. The van der Waals surface area contributed by atoms with Crippen LogP contribution in [0.15, 0.2) is 24.3 Å². The summed E-state index contributed by atoms with van der Waals surface area (Å²) >= 11 is 5.85. The molecule has 3 unspecified atom stereocenters. The van der Waals surface area contributed by atoms with E-state index in [1.807, 2.05) is 24.3 Å². The Balaban J connectivity index is 2.45. The average Bonchev–Trinajstić information content (AvgIpc) is 2.27. The Kier molecular flexibility index (Phi) is 6.17. The molecule has 0 aliphatic rings. The molecule has 0 aliphatic carbocycles. The number of nitrogens with one attached hydrogen (secondary N) is 1. The molecule has 3 atom stereocenters. The summed E-state index contributed by atoms with van der Waals surface area (Å²) in [6.45, 7) is 4.25. The molecule has 0 heterocycles. The number of hydrogen-bond donors (Lipinski definition) is 1. The number of benzene rings is 1. The highest BCUT2D eigenvalue weighted by Gasteiger charge is 2.09. The Bertz CT molecular complexity index is 366. The van der Waals surface area contributed by atoms with E-state index >= 15 is 0 Å². The van der Waals surface area contributed by atoms with Gasteiger partial charge in [-0.15, -0.1) is 0 Å². The molecule has 0 aromatic heterocycles. The third kappa shape index (κ3) is 5.66. The van der Waals surface area contributed by atoms with E-state index in [1.54, 1.807) is 6.26 Å². The third-order valence-electron chi connectivity index (χ3n) is 2.74. The molecule has 0 saturated heterocycles. The van der Waals surface area contributed by atoms with E-state index in [2.05, 4.69) is 19.2 Å². The van der Waals surface area contributed by atoms with Gasteiger partial charge in [-0.3, -0.25) is 4.21 Å². The largest absolute Gasteiger partial charge is 0.308 e. The van der Waals surface area contributed by atoms with Crippen molar-refractivity contribution in [1.82, 2.24) is 5.32 Å². The van der Waals surface area contributed by atoms with E-state index in [1.165, 1.54) is 5.56 Å². The molecule has 2 nitrogen and oxygen atoms in total. The van der Waals surface area contributed by atoms with Crippen molar-refractivity contribution in [3.05, 3.63) is 34.9 Å². The maximum Gasteiger partial charge on any atom is 0.0406 e. The lowest BCUT2D eigenvalue weighted by Gasteiger charge is -2.20. The van der Waals surface area contributed by atoms with E-state index in [0.29, 0.717) is 6.04 Å². The molecule has 1 aromatic carbocycles. The number of halogens is 1. The number of hydrogen-bond acceptors (Lipinski definition) is 2. The summed E-state index contributed by atoms with van der Waals surface area (Å²) in [7, 11) is -0.706. The summed E-state index contributed by atoms with van der Waals surface area (Å²) in [4.78, 5) is 0. The van der Waals surface area contributed by atoms with Crippen molar-refractivity contribution in [3.63, 3.8) is 0 Å². The van der Waals surface area contributed by atoms with Gasteiger partial charge in [-0.1, -0.05) is 23.7 Å². The molecule has 4 heteroatoms. The van der Waals surface area contributed by atoms with E-state index in [4.69, 9.17) is 11.6 Å². The molecular formula is C13H20ClNOS. The zero-order valence-electron chi connectivity index (χ0n) is 10.6. The summed E-state index contributed by atoms with van der Waals surface area (Å²) in [6, 6.07) is 8.52. The second-order valence-corrected chi connectivity index (χ2v) is 6.40. The lowest BCUT2D eigenvalue weighted by molar-refractivity contribution is 0.470. The van der Waals surface area contributed by atoms with Gasteiger partial charge in [0.1, 0.15) is 0 Å². The quantitative estimate of drug-likeness (QED) is 0.863. The van der Waals surface area contributed by atoms with Crippen LogP contribution in [0.1, 0.15) is 31.9 Å². The highest BCUT2D eigenvalue weighted by molar-refractivity contribution is 7.84. The summed E-state index contributed by atoms with van der Waals surface area (Å²) < 4.78 is 11.0. The van der Waals surface area contributed by atoms with Gasteiger partial charge >= 0.3 is 0 Å². The van der Waals surface area contributed by atoms with Crippen LogP contribution in [0.5, 0.6) is 0 Å². The molecule has 1 aromatic rings. The topological polar surface area (TPSA) is 29.1 Å². The maximum absolute atomic E-state index is 11.0. The lowest BCUT2D eigenvalue weighted by atomic mass is 10.1. The van der Waals surface area contributed by atoms with Crippen molar-refractivity contribution < 1.29 is 4.21 Å². The van der Waals surface area contributed by atoms with Crippen molar-refractivity contribution in [2.75, 3.05) is 12.0 Å². The van der Waals surface area contributed by atoms with Crippen LogP contribution in [0.3, 0.4) is 0 Å². The fourth-order valence-electron chi connectivity index (χ4n) is 1.70. The molecule has 0 amide bonds. The molecule has 0 fully saturated rings. The van der Waals surface area contributed by atoms with Crippen LogP contribution >= 0.6 is 11.6 Å². The predicted molar refractivity (Wildman–Crippen MR) is 76.0 cm³/mol. The van der Waals surface area contributed by atoms with E-state index in [-0.39, 0.29) is 6.04 Å². The SMILES string of the molecule is CC(CCS(C)=O)NC(C)c1ccc(Cl)cc1. The molecular weight excluding hydrogens is 254 g/mol. The van der Waals surface area contributed by atoms with Gasteiger partial charge in [0.15, 0.2) is 0 Å². The average molecular weight is 274 g/mol. The first-order chi connectivity index (χ1) is 7.99. The Labute approximate surface area is 111 Å². The van der Waals surface area contributed by atoms with Gasteiger partial charge in [0.05, 0.1) is 0 Å². The first kappa shape index (κ1) is 14.7. The van der Waals surface area contributed by atoms with Crippen molar-refractivity contribution >= 4 is 22.4 Å². The molecule has 0 spiro atoms. The minimum Gasteiger partial charge on any atom is -0.308 e. The Morgan fingerprint density at radius 2 is 1.88 bits per heavy atom. The van der Waals surface area contributed by atoms with Gasteiger partial charge in [-0.05, 0) is 38.0 Å². The molecule has 0 radical (unpaired) electrons. The third-order valence-corrected chi connectivity index (χ3v) is 3.81. The molecule has 1 N–H and O–H groups in total. The van der Waals surface area contributed by atoms with Crippen LogP contribution in [0.25, 0.3) is 0 Å². The van der Waals surface area contributed by atoms with Crippen molar-refractivity contribution in [2.45, 2.75) is 32.4 Å². The van der Waals surface area contributed by atoms with Crippen LogP contribution in [0.4, 0.5) is 0 Å². The molecule has 96 valence electrons. The van der Waals surface area contributed by atoms with Crippen LogP contribution in [-0.4, -0.2) is 22.3 Å². The first-order valence-electron chi connectivity index (χ1n) is 5.80. The second-order valence-electron chi connectivity index (χ2n) is 4.41. The van der Waals surface area contributed by atoms with E-state index in [0.717, 1.165) is 17.2 Å². The normalized spacial score (nSPS) is 16.5. The molecule has 1 rings (SSSR count). The number of rotatable bonds is 6. The zero-order valence-corrected chi connectivity index (χ0v) is 12.1. The van der Waals surface area contributed by atoms with Gasteiger partial charge in [-0.25, -0.2) is 0 Å². The molecule has 0 aliphatic heterocycles. The van der Waals surface area contributed by atoms with Crippen LogP contribution in [-0.2, 0) is 10.8 Å². The lowest BCUT2D eigenvalue weighted by Crippen LogP contribution is -2.30. The molecule has 17 heavy (non-hydrogen) atoms. The second kappa shape index (κ2) is 7.14. The minimum absolute atomic E-state index is 0.285. The van der Waals surface area contributed by atoms with Gasteiger partial charge in [0, 0.05) is 39.9 Å². The summed E-state index contributed by atoms with van der Waals surface area (Å²) in [5.41, 5.74) is 1.22. The maximum atomic E-state index is 11.0. The van der Waals surface area contributed by atoms with Crippen LogP contribution in [0.2, 0.25) is 5.02 Å². The van der Waals surface area contributed by atoms with Crippen molar-refractivity contribution in [1.29, 1.82) is 0 Å². The van der Waals surface area contributed by atoms with Crippen LogP contribution < -0.4 is 5.32 Å². The Hall–Kier alpha value is -0.380. The smallest absolute Gasteiger partial charge is 0.0406 e. The summed E-state index contributed by atoms with van der Waals surface area (Å²) in [6.07, 6.45) is 2.68. The van der Waals surface area contributed by atoms with Gasteiger partial charge in [0.2, 0.25) is 0 Å². The van der Waals surface area contributed by atoms with Gasteiger partial charge in [-0.2, -0.15) is 0 Å². The predicted octanol–water partition coefficient (Wildman–Crippen LogP) is 3.15. The first-order valence-corrected chi connectivity index (χ1v) is 7.91. The highest BCUT2D eigenvalue weighted by atomic mass is 35.5. The monoisotopic (exact) mass is 273 g/mol. The Morgan fingerprint density at radius 3 is 2.41 bits per heavy atom. The van der Waals surface area contributed by atoms with E-state index in [9.17, 15) is 4.21 Å². The van der Waals surface area contributed by atoms with Crippen molar-refractivity contribution in [3.8, 4) is 0 Å². The van der Waals surface area contributed by atoms with Crippen molar-refractivity contribution in [2.24, 2.45) is 0 Å². The fourth-order valence-corrected chi connectivity index (χ4v) is 2.51. The zero-order chi connectivity index (χ0) is 12.8. The van der Waals surface area contributed by atoms with E-state index < -0.39 is 10.8 Å². The van der Waals surface area contributed by atoms with Gasteiger partial charge < -0.3 is 5.32 Å². The standard InChI is InChI=1S/C13H20ClNOS/c1-10(8-9-17(3)16)15-11(2)12-4-6-13(14)7-5-12/h4-7,10-11,15H,8-9H2,1-3H3. The van der Waals surface area contributed by atoms with Gasteiger partial charge in [0.25, 0.3) is 0 Å². The fraction of sp³-hybridized carbons (Fsp3) is 0.538. The van der Waals surface area contributed by atoms with Crippen LogP contribution in [0, 0.1) is 0 Å².